The minimum atomic E-state index is -0.109. The topological polar surface area (TPSA) is 55.1 Å². The van der Waals surface area contributed by atoms with Crippen molar-refractivity contribution in [3.63, 3.8) is 0 Å². The zero-order valence-electron chi connectivity index (χ0n) is 10.6. The maximum absolute atomic E-state index is 12.3. The molecule has 1 aromatic carbocycles. The molecule has 0 aromatic heterocycles. The molecule has 1 amide bonds. The van der Waals surface area contributed by atoms with Gasteiger partial charge < -0.3 is 11.1 Å². The lowest BCUT2D eigenvalue weighted by atomic mass is 10.0. The van der Waals surface area contributed by atoms with Crippen molar-refractivity contribution in [2.45, 2.75) is 25.3 Å². The molecule has 19 heavy (non-hydrogen) atoms. The fraction of sp³-hybridized carbons (Fsp3) is 0.533. The van der Waals surface area contributed by atoms with Crippen molar-refractivity contribution in [2.75, 3.05) is 5.73 Å². The van der Waals surface area contributed by atoms with Gasteiger partial charge in [0, 0.05) is 11.7 Å². The van der Waals surface area contributed by atoms with Gasteiger partial charge >= 0.3 is 0 Å². The Labute approximate surface area is 117 Å². The first-order valence-electron chi connectivity index (χ1n) is 7.01. The average Bonchev–Trinajstić information content (AvgIpc) is 2.78. The number of nitrogens with two attached hydrogens (primary N) is 1. The first-order chi connectivity index (χ1) is 9.16. The highest BCUT2D eigenvalue weighted by Crippen LogP contribution is 2.65. The van der Waals surface area contributed by atoms with E-state index in [9.17, 15) is 4.79 Å². The number of fused-ring (bicyclic) bond motifs is 5. The highest BCUT2D eigenvalue weighted by atomic mass is 35.5. The van der Waals surface area contributed by atoms with Gasteiger partial charge in [0.1, 0.15) is 0 Å². The normalized spacial score (nSPS) is 38.1. The maximum atomic E-state index is 12.3. The third-order valence-electron chi connectivity index (χ3n) is 5.31. The van der Waals surface area contributed by atoms with Crippen molar-refractivity contribution in [3.8, 4) is 0 Å². The number of carbonyl (C=O) groups is 1. The molecular weight excluding hydrogens is 260 g/mol. The van der Waals surface area contributed by atoms with Crippen LogP contribution >= 0.6 is 11.6 Å². The van der Waals surface area contributed by atoms with Gasteiger partial charge in [-0.05, 0) is 55.1 Å². The summed E-state index contributed by atoms with van der Waals surface area (Å²) in [6.45, 7) is 0. The molecule has 3 N–H and O–H groups in total. The summed E-state index contributed by atoms with van der Waals surface area (Å²) in [5, 5.41) is 3.59. The van der Waals surface area contributed by atoms with Crippen LogP contribution in [-0.4, -0.2) is 11.9 Å². The minimum absolute atomic E-state index is 0.109. The molecule has 4 rings (SSSR count). The number of hydrogen-bond donors (Lipinski definition) is 2. The number of halogens is 1. The van der Waals surface area contributed by atoms with Crippen LogP contribution in [0.25, 0.3) is 0 Å². The average molecular weight is 277 g/mol. The summed E-state index contributed by atoms with van der Waals surface area (Å²) in [6, 6.07) is 5.57. The van der Waals surface area contributed by atoms with Gasteiger partial charge in [-0.1, -0.05) is 17.7 Å². The summed E-state index contributed by atoms with van der Waals surface area (Å²) < 4.78 is 0. The first-order valence-corrected chi connectivity index (χ1v) is 7.39. The Morgan fingerprint density at radius 1 is 1.26 bits per heavy atom. The van der Waals surface area contributed by atoms with Gasteiger partial charge in [-0.3, -0.25) is 4.79 Å². The number of nitrogen functional groups attached to an aromatic ring is 1. The summed E-state index contributed by atoms with van der Waals surface area (Å²) in [5.41, 5.74) is 6.75. The van der Waals surface area contributed by atoms with Gasteiger partial charge in [0.15, 0.2) is 0 Å². The molecule has 0 spiro atoms. The molecule has 100 valence electrons. The molecule has 2 bridgehead atoms. The molecule has 0 radical (unpaired) electrons. The van der Waals surface area contributed by atoms with Gasteiger partial charge in [-0.15, -0.1) is 0 Å². The Hall–Kier alpha value is -1.22. The molecule has 1 aromatic rings. The Morgan fingerprint density at radius 2 is 1.95 bits per heavy atom. The molecule has 3 nitrogen and oxygen atoms in total. The quantitative estimate of drug-likeness (QED) is 0.816. The van der Waals surface area contributed by atoms with E-state index in [-0.39, 0.29) is 5.91 Å². The number of carbonyl (C=O) groups excluding carboxylic acids is 1. The molecule has 0 saturated heterocycles. The molecular formula is C15H17ClN2O. The number of benzene rings is 1. The number of nitrogens with one attached hydrogen (secondary N) is 1. The SMILES string of the molecule is Nc1cccc(Cl)c1C(=O)NC1C2C3CCC(C3)C12. The van der Waals surface area contributed by atoms with E-state index in [0.717, 1.165) is 23.7 Å². The van der Waals surface area contributed by atoms with Crippen molar-refractivity contribution in [1.29, 1.82) is 0 Å². The van der Waals surface area contributed by atoms with Gasteiger partial charge in [-0.2, -0.15) is 0 Å². The van der Waals surface area contributed by atoms with Crippen molar-refractivity contribution < 1.29 is 4.79 Å². The molecule has 3 fully saturated rings. The number of amides is 1. The fourth-order valence-electron chi connectivity index (χ4n) is 4.52. The van der Waals surface area contributed by atoms with Crippen LogP contribution in [-0.2, 0) is 0 Å². The van der Waals surface area contributed by atoms with E-state index in [1.54, 1.807) is 18.2 Å². The van der Waals surface area contributed by atoms with Gasteiger partial charge in [0.05, 0.1) is 10.6 Å². The standard InChI is InChI=1S/C15H17ClN2O/c16-9-2-1-3-10(17)13(9)15(19)18-14-11-7-4-5-8(6-7)12(11)14/h1-3,7-8,11-12,14H,4-6,17H2,(H,18,19). The first kappa shape index (κ1) is 11.6. The van der Waals surface area contributed by atoms with E-state index in [0.29, 0.717) is 22.3 Å². The molecule has 0 heterocycles. The Kier molecular flexibility index (Phi) is 2.37. The zero-order valence-corrected chi connectivity index (χ0v) is 11.4. The van der Waals surface area contributed by atoms with Crippen molar-refractivity contribution in [3.05, 3.63) is 28.8 Å². The van der Waals surface area contributed by atoms with Crippen LogP contribution in [0.4, 0.5) is 5.69 Å². The molecule has 0 aliphatic heterocycles. The van der Waals surface area contributed by atoms with Crippen LogP contribution in [0.5, 0.6) is 0 Å². The van der Waals surface area contributed by atoms with Crippen LogP contribution < -0.4 is 11.1 Å². The van der Waals surface area contributed by atoms with Gasteiger partial charge in [0.2, 0.25) is 0 Å². The molecule has 3 saturated carbocycles. The second-order valence-electron chi connectivity index (χ2n) is 6.19. The molecule has 3 aliphatic carbocycles. The lowest BCUT2D eigenvalue weighted by Gasteiger charge is -2.12. The Morgan fingerprint density at radius 3 is 2.58 bits per heavy atom. The lowest BCUT2D eigenvalue weighted by Crippen LogP contribution is -2.30. The van der Waals surface area contributed by atoms with E-state index in [4.69, 9.17) is 17.3 Å². The van der Waals surface area contributed by atoms with E-state index >= 15 is 0 Å². The summed E-state index contributed by atoms with van der Waals surface area (Å²) in [7, 11) is 0. The predicted octanol–water partition coefficient (Wildman–Crippen LogP) is 2.70. The third kappa shape index (κ3) is 1.61. The highest BCUT2D eigenvalue weighted by Gasteiger charge is 2.65. The van der Waals surface area contributed by atoms with E-state index in [1.807, 2.05) is 0 Å². The largest absolute Gasteiger partial charge is 0.398 e. The molecule has 4 atom stereocenters. The molecule has 4 unspecified atom stereocenters. The van der Waals surface area contributed by atoms with Crippen LogP contribution in [0.1, 0.15) is 29.6 Å². The second-order valence-corrected chi connectivity index (χ2v) is 6.60. The van der Waals surface area contributed by atoms with E-state index < -0.39 is 0 Å². The van der Waals surface area contributed by atoms with Crippen molar-refractivity contribution >= 4 is 23.2 Å². The van der Waals surface area contributed by atoms with Crippen molar-refractivity contribution in [1.82, 2.24) is 5.32 Å². The number of rotatable bonds is 2. The second kappa shape index (κ2) is 3.89. The highest BCUT2D eigenvalue weighted by molar-refractivity contribution is 6.34. The van der Waals surface area contributed by atoms with Crippen LogP contribution in [0.2, 0.25) is 5.02 Å². The monoisotopic (exact) mass is 276 g/mol. The van der Waals surface area contributed by atoms with Gasteiger partial charge in [0.25, 0.3) is 5.91 Å². The van der Waals surface area contributed by atoms with Crippen LogP contribution in [0.15, 0.2) is 18.2 Å². The van der Waals surface area contributed by atoms with E-state index in [2.05, 4.69) is 5.32 Å². The summed E-state index contributed by atoms with van der Waals surface area (Å²) >= 11 is 6.08. The Bertz CT molecular complexity index is 523. The fourth-order valence-corrected chi connectivity index (χ4v) is 4.79. The number of hydrogen-bond acceptors (Lipinski definition) is 2. The van der Waals surface area contributed by atoms with Crippen LogP contribution in [0.3, 0.4) is 0 Å². The Balaban J connectivity index is 1.51. The van der Waals surface area contributed by atoms with Crippen molar-refractivity contribution in [2.24, 2.45) is 23.7 Å². The third-order valence-corrected chi connectivity index (χ3v) is 5.62. The van der Waals surface area contributed by atoms with Gasteiger partial charge in [-0.25, -0.2) is 0 Å². The predicted molar refractivity (Wildman–Crippen MR) is 74.9 cm³/mol. The van der Waals surface area contributed by atoms with Crippen LogP contribution in [0, 0.1) is 23.7 Å². The minimum Gasteiger partial charge on any atom is -0.398 e. The number of anilines is 1. The molecule has 4 heteroatoms. The summed E-state index contributed by atoms with van der Waals surface area (Å²) in [6.07, 6.45) is 4.09. The zero-order chi connectivity index (χ0) is 13.1. The smallest absolute Gasteiger partial charge is 0.255 e. The summed E-state index contributed by atoms with van der Waals surface area (Å²) in [4.78, 5) is 12.3. The lowest BCUT2D eigenvalue weighted by molar-refractivity contribution is 0.0945. The maximum Gasteiger partial charge on any atom is 0.255 e. The van der Waals surface area contributed by atoms with E-state index in [1.165, 1.54) is 19.3 Å². The summed E-state index contributed by atoms with van der Waals surface area (Å²) in [5.74, 6) is 3.05. The molecule has 3 aliphatic rings.